The molecule has 0 N–H and O–H groups in total. The third kappa shape index (κ3) is 12.8. The van der Waals surface area contributed by atoms with E-state index in [1.165, 1.54) is 63.4 Å². The van der Waals surface area contributed by atoms with E-state index in [1.54, 1.807) is 0 Å². The average molecular weight is 650 g/mol. The first-order valence-electron chi connectivity index (χ1n) is 18.9. The maximum absolute atomic E-state index is 11.7. The third-order valence-electron chi connectivity index (χ3n) is 9.95. The molecule has 0 radical (unpaired) electrons. The molecule has 8 nitrogen and oxygen atoms in total. The molecule has 0 unspecified atom stereocenters. The standard InChI is InChI=1S/C39H59N3O5/c1-31-27-33(39(43)45-31)19-11-6-4-2-3-5-7-12-20-35-23-16-25-38(47-35)37-29-42(41-40-37)28-36-24-15-22-34(46-36)21-13-14-26-44-30-32-17-9-8-10-18-32/h8-10,17-18,27,29,31,34-36,38H,2-7,11-16,19-26,28,30H2,1H3/t31-,34-,35-,36-,38-/m0/s1. The molecule has 0 spiro atoms. The highest BCUT2D eigenvalue weighted by Crippen LogP contribution is 2.32. The number of benzene rings is 1. The number of esters is 1. The third-order valence-corrected chi connectivity index (χ3v) is 9.95. The van der Waals surface area contributed by atoms with Crippen LogP contribution in [0.5, 0.6) is 0 Å². The SMILES string of the molecule is C[C@H]1C=C(CCCCCCCCCC[C@H]2CCC[C@@H](c3cn(C[C@@H]4CCC[C@H](CCCCOCc5ccccc5)O4)nn3)O2)C(=O)O1. The summed E-state index contributed by atoms with van der Waals surface area (Å²) in [5.41, 5.74) is 3.09. The molecule has 3 aliphatic rings. The average Bonchev–Trinajstić information content (AvgIpc) is 3.69. The highest BCUT2D eigenvalue weighted by molar-refractivity contribution is 5.90. The van der Waals surface area contributed by atoms with E-state index < -0.39 is 0 Å². The molecule has 1 aromatic carbocycles. The number of unbranched alkanes of at least 4 members (excludes halogenated alkanes) is 8. The summed E-state index contributed by atoms with van der Waals surface area (Å²) in [6, 6.07) is 10.4. The zero-order chi connectivity index (χ0) is 32.5. The summed E-state index contributed by atoms with van der Waals surface area (Å²) in [7, 11) is 0. The second-order valence-electron chi connectivity index (χ2n) is 14.1. The molecule has 260 valence electrons. The Morgan fingerprint density at radius 3 is 2.26 bits per heavy atom. The summed E-state index contributed by atoms with van der Waals surface area (Å²) in [5.74, 6) is -0.112. The van der Waals surface area contributed by atoms with Crippen LogP contribution >= 0.6 is 0 Å². The van der Waals surface area contributed by atoms with Crippen LogP contribution in [-0.2, 0) is 36.9 Å². The molecule has 0 aliphatic carbocycles. The van der Waals surface area contributed by atoms with Crippen molar-refractivity contribution in [3.8, 4) is 0 Å². The summed E-state index contributed by atoms with van der Waals surface area (Å²) in [6.45, 7) is 4.19. The Balaban J connectivity index is 0.888. The molecule has 2 saturated heterocycles. The van der Waals surface area contributed by atoms with Crippen LogP contribution in [0.25, 0.3) is 0 Å². The highest BCUT2D eigenvalue weighted by Gasteiger charge is 2.27. The lowest BCUT2D eigenvalue weighted by Gasteiger charge is -2.30. The van der Waals surface area contributed by atoms with Crippen molar-refractivity contribution >= 4 is 5.97 Å². The Hall–Kier alpha value is -2.55. The molecule has 1 aromatic heterocycles. The van der Waals surface area contributed by atoms with Gasteiger partial charge < -0.3 is 18.9 Å². The summed E-state index contributed by atoms with van der Waals surface area (Å²) >= 11 is 0. The molecule has 5 rings (SSSR count). The van der Waals surface area contributed by atoms with E-state index in [1.807, 2.05) is 23.7 Å². The van der Waals surface area contributed by atoms with E-state index in [0.29, 0.717) is 18.8 Å². The number of nitrogens with zero attached hydrogens (tertiary/aromatic N) is 3. The van der Waals surface area contributed by atoms with Gasteiger partial charge in [0.1, 0.15) is 17.9 Å². The first-order chi connectivity index (χ1) is 23.1. The van der Waals surface area contributed by atoms with Crippen molar-refractivity contribution in [2.45, 2.75) is 173 Å². The molecule has 8 heteroatoms. The Kier molecular flexibility index (Phi) is 15.3. The van der Waals surface area contributed by atoms with E-state index in [0.717, 1.165) is 88.6 Å². The molecular weight excluding hydrogens is 590 g/mol. The number of aromatic nitrogens is 3. The van der Waals surface area contributed by atoms with Crippen LogP contribution in [0.1, 0.15) is 146 Å². The lowest BCUT2D eigenvalue weighted by molar-refractivity contribution is -0.139. The summed E-state index contributed by atoms with van der Waals surface area (Å²) < 4.78 is 26.0. The van der Waals surface area contributed by atoms with E-state index in [2.05, 4.69) is 40.8 Å². The Morgan fingerprint density at radius 1 is 0.809 bits per heavy atom. The zero-order valence-corrected chi connectivity index (χ0v) is 28.9. The van der Waals surface area contributed by atoms with Gasteiger partial charge in [-0.25, -0.2) is 9.48 Å². The fourth-order valence-electron chi connectivity index (χ4n) is 7.32. The largest absolute Gasteiger partial charge is 0.455 e. The van der Waals surface area contributed by atoms with E-state index >= 15 is 0 Å². The van der Waals surface area contributed by atoms with Crippen LogP contribution in [0.4, 0.5) is 0 Å². The number of hydrogen-bond donors (Lipinski definition) is 0. The van der Waals surface area contributed by atoms with E-state index in [4.69, 9.17) is 18.9 Å². The van der Waals surface area contributed by atoms with Crippen LogP contribution in [0.3, 0.4) is 0 Å². The van der Waals surface area contributed by atoms with Crippen LogP contribution in [0.2, 0.25) is 0 Å². The number of carbonyl (C=O) groups excluding carboxylic acids is 1. The van der Waals surface area contributed by atoms with Gasteiger partial charge in [-0.3, -0.25) is 0 Å². The number of cyclic esters (lactones) is 1. The molecule has 2 aromatic rings. The lowest BCUT2D eigenvalue weighted by atomic mass is 9.98. The van der Waals surface area contributed by atoms with Gasteiger partial charge in [-0.15, -0.1) is 5.10 Å². The highest BCUT2D eigenvalue weighted by atomic mass is 16.5. The second kappa shape index (κ2) is 20.1. The maximum Gasteiger partial charge on any atom is 0.334 e. The van der Waals surface area contributed by atoms with Gasteiger partial charge in [0.2, 0.25) is 0 Å². The molecule has 0 amide bonds. The minimum absolute atomic E-state index is 0.0448. The van der Waals surface area contributed by atoms with Crippen LogP contribution in [-0.4, -0.2) is 52.0 Å². The lowest BCUT2D eigenvalue weighted by Crippen LogP contribution is -2.31. The fraction of sp³-hybridized carbons (Fsp3) is 0.718. The Bertz CT molecular complexity index is 1200. The Labute approximate surface area is 283 Å². The Morgan fingerprint density at radius 2 is 1.49 bits per heavy atom. The minimum atomic E-state index is -0.112. The van der Waals surface area contributed by atoms with Crippen molar-refractivity contribution in [1.82, 2.24) is 15.0 Å². The van der Waals surface area contributed by atoms with Gasteiger partial charge in [0.25, 0.3) is 0 Å². The van der Waals surface area contributed by atoms with Crippen LogP contribution < -0.4 is 0 Å². The van der Waals surface area contributed by atoms with Gasteiger partial charge in [0, 0.05) is 12.2 Å². The molecular formula is C39H59N3O5. The molecule has 0 saturated carbocycles. The molecule has 47 heavy (non-hydrogen) atoms. The zero-order valence-electron chi connectivity index (χ0n) is 28.9. The van der Waals surface area contributed by atoms with Crippen molar-refractivity contribution in [2.24, 2.45) is 0 Å². The quantitative estimate of drug-likeness (QED) is 0.0986. The first kappa shape index (κ1) is 35.7. The number of carbonyl (C=O) groups is 1. The van der Waals surface area contributed by atoms with Crippen LogP contribution in [0.15, 0.2) is 48.2 Å². The van der Waals surface area contributed by atoms with Gasteiger partial charge in [0.05, 0.1) is 37.7 Å². The predicted molar refractivity (Wildman–Crippen MR) is 184 cm³/mol. The minimum Gasteiger partial charge on any atom is -0.455 e. The van der Waals surface area contributed by atoms with Crippen LogP contribution in [0, 0.1) is 0 Å². The fourth-order valence-corrected chi connectivity index (χ4v) is 7.32. The normalized spacial score (nSPS) is 24.7. The smallest absolute Gasteiger partial charge is 0.334 e. The monoisotopic (exact) mass is 649 g/mol. The molecule has 2 fully saturated rings. The second-order valence-corrected chi connectivity index (χ2v) is 14.1. The van der Waals surface area contributed by atoms with Gasteiger partial charge in [-0.1, -0.05) is 80.5 Å². The predicted octanol–water partition coefficient (Wildman–Crippen LogP) is 8.99. The number of ether oxygens (including phenoxy) is 4. The van der Waals surface area contributed by atoms with Gasteiger partial charge >= 0.3 is 5.97 Å². The summed E-state index contributed by atoms with van der Waals surface area (Å²) in [4.78, 5) is 11.7. The summed E-state index contributed by atoms with van der Waals surface area (Å²) in [6.07, 6.45) is 27.1. The molecule has 3 aliphatic heterocycles. The molecule has 0 bridgehead atoms. The van der Waals surface area contributed by atoms with E-state index in [-0.39, 0.29) is 24.3 Å². The van der Waals surface area contributed by atoms with Crippen molar-refractivity contribution < 1.29 is 23.7 Å². The summed E-state index contributed by atoms with van der Waals surface area (Å²) in [5, 5.41) is 9.00. The first-order valence-corrected chi connectivity index (χ1v) is 18.9. The van der Waals surface area contributed by atoms with E-state index in [9.17, 15) is 4.79 Å². The molecule has 5 atom stereocenters. The van der Waals surface area contributed by atoms with Crippen molar-refractivity contribution in [1.29, 1.82) is 0 Å². The maximum atomic E-state index is 11.7. The van der Waals surface area contributed by atoms with Crippen molar-refractivity contribution in [3.05, 3.63) is 59.4 Å². The van der Waals surface area contributed by atoms with Gasteiger partial charge in [-0.05, 0) is 95.6 Å². The van der Waals surface area contributed by atoms with Gasteiger partial charge in [-0.2, -0.15) is 0 Å². The van der Waals surface area contributed by atoms with Gasteiger partial charge in [0.15, 0.2) is 0 Å². The number of hydrogen-bond acceptors (Lipinski definition) is 7. The number of rotatable bonds is 21. The van der Waals surface area contributed by atoms with Crippen molar-refractivity contribution in [3.63, 3.8) is 0 Å². The van der Waals surface area contributed by atoms with Crippen molar-refractivity contribution in [2.75, 3.05) is 6.61 Å². The molecule has 4 heterocycles. The topological polar surface area (TPSA) is 84.7 Å².